The number of aryl methyl sites for hydroxylation is 1. The molecular weight excluding hydrogens is 474 g/mol. The van der Waals surface area contributed by atoms with Gasteiger partial charge >= 0.3 is 0 Å². The van der Waals surface area contributed by atoms with E-state index in [-0.39, 0.29) is 5.91 Å². The number of para-hydroxylation sites is 3. The van der Waals surface area contributed by atoms with Gasteiger partial charge in [0.25, 0.3) is 0 Å². The highest BCUT2D eigenvalue weighted by Crippen LogP contribution is 2.21. The highest BCUT2D eigenvalue weighted by Gasteiger charge is 2.11. The van der Waals surface area contributed by atoms with Crippen molar-refractivity contribution in [2.45, 2.75) is 45.1 Å². The van der Waals surface area contributed by atoms with Crippen molar-refractivity contribution < 1.29 is 14.3 Å². The van der Waals surface area contributed by atoms with Crippen molar-refractivity contribution in [2.24, 2.45) is 0 Å². The van der Waals surface area contributed by atoms with E-state index in [9.17, 15) is 4.79 Å². The molecule has 6 nitrogen and oxygen atoms in total. The highest BCUT2D eigenvalue weighted by atomic mass is 16.5. The lowest BCUT2D eigenvalue weighted by atomic mass is 10.1. The number of methoxy groups -OCH3 is 1. The minimum Gasteiger partial charge on any atom is -0.497 e. The zero-order valence-corrected chi connectivity index (χ0v) is 22.2. The predicted octanol–water partition coefficient (Wildman–Crippen LogP) is 5.92. The van der Waals surface area contributed by atoms with Crippen molar-refractivity contribution in [2.75, 3.05) is 20.3 Å². The first-order valence-electron chi connectivity index (χ1n) is 13.3. The smallest absolute Gasteiger partial charge is 0.224 e. The van der Waals surface area contributed by atoms with Gasteiger partial charge in [-0.15, -0.1) is 6.58 Å². The van der Waals surface area contributed by atoms with Crippen LogP contribution in [0.15, 0.2) is 85.5 Å². The maximum atomic E-state index is 12.3. The molecule has 1 aromatic heterocycles. The van der Waals surface area contributed by atoms with E-state index in [0.29, 0.717) is 19.6 Å². The molecule has 1 amide bonds. The van der Waals surface area contributed by atoms with E-state index in [1.54, 1.807) is 7.11 Å². The number of nitrogens with zero attached hydrogens (tertiary/aromatic N) is 2. The SMILES string of the molecule is C=CCc1ccccc1OCCn1c(CCCCCNC(=O)Cc2ccc(OC)cc2)nc2ccccc21. The van der Waals surface area contributed by atoms with E-state index in [0.717, 1.165) is 78.1 Å². The van der Waals surface area contributed by atoms with Crippen molar-refractivity contribution in [1.82, 2.24) is 14.9 Å². The molecular formula is C32H37N3O3. The lowest BCUT2D eigenvalue weighted by Gasteiger charge is -2.13. The predicted molar refractivity (Wildman–Crippen MR) is 153 cm³/mol. The van der Waals surface area contributed by atoms with Crippen LogP contribution < -0.4 is 14.8 Å². The molecule has 0 spiro atoms. The third-order valence-electron chi connectivity index (χ3n) is 6.57. The Morgan fingerprint density at radius 2 is 1.79 bits per heavy atom. The number of allylic oxidation sites excluding steroid dienone is 1. The van der Waals surface area contributed by atoms with Gasteiger partial charge < -0.3 is 19.4 Å². The summed E-state index contributed by atoms with van der Waals surface area (Å²) < 4.78 is 13.6. The highest BCUT2D eigenvalue weighted by molar-refractivity contribution is 5.78. The Bertz CT molecular complexity index is 1330. The maximum Gasteiger partial charge on any atom is 0.224 e. The van der Waals surface area contributed by atoms with Crippen LogP contribution in [0.2, 0.25) is 0 Å². The second-order valence-electron chi connectivity index (χ2n) is 9.30. The summed E-state index contributed by atoms with van der Waals surface area (Å²) in [6, 6.07) is 24.0. The number of hydrogen-bond donors (Lipinski definition) is 1. The molecule has 0 unspecified atom stereocenters. The van der Waals surface area contributed by atoms with Crippen molar-refractivity contribution in [3.63, 3.8) is 0 Å². The first-order valence-corrected chi connectivity index (χ1v) is 13.3. The second-order valence-corrected chi connectivity index (χ2v) is 9.30. The summed E-state index contributed by atoms with van der Waals surface area (Å²) >= 11 is 0. The van der Waals surface area contributed by atoms with E-state index in [2.05, 4.69) is 40.7 Å². The number of imidazole rings is 1. The molecule has 0 atom stereocenters. The molecule has 4 rings (SSSR count). The number of benzene rings is 3. The average Bonchev–Trinajstić information content (AvgIpc) is 3.29. The Morgan fingerprint density at radius 3 is 2.61 bits per heavy atom. The minimum atomic E-state index is 0.0478. The van der Waals surface area contributed by atoms with Gasteiger partial charge in [0.05, 0.1) is 31.1 Å². The number of carbonyl (C=O) groups is 1. The molecule has 1 heterocycles. The Labute approximate surface area is 225 Å². The van der Waals surface area contributed by atoms with Gasteiger partial charge in [0.2, 0.25) is 5.91 Å². The van der Waals surface area contributed by atoms with E-state index < -0.39 is 0 Å². The number of unbranched alkanes of at least 4 members (excludes halogenated alkanes) is 2. The average molecular weight is 512 g/mol. The summed E-state index contributed by atoms with van der Waals surface area (Å²) in [5, 5.41) is 3.03. The molecule has 38 heavy (non-hydrogen) atoms. The standard InChI is InChI=1S/C32H37N3O3/c1-3-11-26-12-6-9-15-30(26)38-23-22-35-29-14-8-7-13-28(29)34-31(35)16-5-4-10-21-33-32(36)24-25-17-19-27(37-2)20-18-25/h3,6-9,12-15,17-20H,1,4-5,10-11,16,21-24H2,2H3,(H,33,36). The number of ether oxygens (including phenoxy) is 2. The Hall–Kier alpha value is -4.06. The molecule has 3 aromatic carbocycles. The van der Waals surface area contributed by atoms with Gasteiger partial charge in [-0.1, -0.05) is 55.0 Å². The Morgan fingerprint density at radius 1 is 1.00 bits per heavy atom. The van der Waals surface area contributed by atoms with Gasteiger partial charge in [0, 0.05) is 13.0 Å². The Balaban J connectivity index is 1.24. The molecule has 1 N–H and O–H groups in total. The molecule has 0 fully saturated rings. The number of rotatable bonds is 15. The van der Waals surface area contributed by atoms with E-state index in [1.807, 2.05) is 54.6 Å². The van der Waals surface area contributed by atoms with Gasteiger partial charge in [-0.3, -0.25) is 4.79 Å². The topological polar surface area (TPSA) is 65.4 Å². The molecule has 0 radical (unpaired) electrons. The summed E-state index contributed by atoms with van der Waals surface area (Å²) in [4.78, 5) is 17.2. The molecule has 0 bridgehead atoms. The molecule has 0 saturated carbocycles. The van der Waals surface area contributed by atoms with Gasteiger partial charge in [0.1, 0.15) is 23.9 Å². The van der Waals surface area contributed by atoms with Crippen LogP contribution in [0.5, 0.6) is 11.5 Å². The van der Waals surface area contributed by atoms with E-state index >= 15 is 0 Å². The zero-order valence-electron chi connectivity index (χ0n) is 22.2. The van der Waals surface area contributed by atoms with Crippen LogP contribution in [0.25, 0.3) is 11.0 Å². The lowest BCUT2D eigenvalue weighted by molar-refractivity contribution is -0.120. The third-order valence-corrected chi connectivity index (χ3v) is 6.57. The van der Waals surface area contributed by atoms with E-state index in [1.165, 1.54) is 0 Å². The first-order chi connectivity index (χ1) is 18.7. The van der Waals surface area contributed by atoms with Crippen LogP contribution in [0.3, 0.4) is 0 Å². The molecule has 198 valence electrons. The summed E-state index contributed by atoms with van der Waals surface area (Å²) in [6.07, 6.45) is 6.94. The van der Waals surface area contributed by atoms with Crippen LogP contribution in [0.1, 0.15) is 36.2 Å². The summed E-state index contributed by atoms with van der Waals surface area (Å²) in [5.74, 6) is 2.83. The van der Waals surface area contributed by atoms with Crippen LogP contribution in [0.4, 0.5) is 0 Å². The van der Waals surface area contributed by atoms with Gasteiger partial charge in [-0.05, 0) is 60.7 Å². The van der Waals surface area contributed by atoms with Crippen LogP contribution in [0, 0.1) is 0 Å². The largest absolute Gasteiger partial charge is 0.497 e. The summed E-state index contributed by atoms with van der Waals surface area (Å²) in [5.41, 5.74) is 4.28. The summed E-state index contributed by atoms with van der Waals surface area (Å²) in [6.45, 7) is 5.84. The number of aromatic nitrogens is 2. The fourth-order valence-corrected chi connectivity index (χ4v) is 4.59. The van der Waals surface area contributed by atoms with Crippen LogP contribution in [-0.4, -0.2) is 35.7 Å². The number of nitrogens with one attached hydrogen (secondary N) is 1. The summed E-state index contributed by atoms with van der Waals surface area (Å²) in [7, 11) is 1.64. The van der Waals surface area contributed by atoms with Crippen molar-refractivity contribution in [3.8, 4) is 11.5 Å². The molecule has 4 aromatic rings. The quantitative estimate of drug-likeness (QED) is 0.159. The fraction of sp³-hybridized carbons (Fsp3) is 0.312. The van der Waals surface area contributed by atoms with Gasteiger partial charge in [0.15, 0.2) is 0 Å². The van der Waals surface area contributed by atoms with Crippen molar-refractivity contribution in [1.29, 1.82) is 0 Å². The van der Waals surface area contributed by atoms with E-state index in [4.69, 9.17) is 14.5 Å². The van der Waals surface area contributed by atoms with Gasteiger partial charge in [-0.25, -0.2) is 4.98 Å². The fourth-order valence-electron chi connectivity index (χ4n) is 4.59. The third kappa shape index (κ3) is 7.48. The number of hydrogen-bond acceptors (Lipinski definition) is 4. The molecule has 0 saturated heterocycles. The van der Waals surface area contributed by atoms with Crippen LogP contribution >= 0.6 is 0 Å². The lowest BCUT2D eigenvalue weighted by Crippen LogP contribution is -2.26. The zero-order chi connectivity index (χ0) is 26.6. The van der Waals surface area contributed by atoms with Crippen molar-refractivity contribution in [3.05, 3.63) is 102 Å². The molecule has 0 aliphatic heterocycles. The normalized spacial score (nSPS) is 10.9. The van der Waals surface area contributed by atoms with Crippen LogP contribution in [-0.2, 0) is 30.6 Å². The number of fused-ring (bicyclic) bond motifs is 1. The molecule has 0 aliphatic rings. The monoisotopic (exact) mass is 511 g/mol. The van der Waals surface area contributed by atoms with Crippen molar-refractivity contribution >= 4 is 16.9 Å². The molecule has 0 aliphatic carbocycles. The van der Waals surface area contributed by atoms with Gasteiger partial charge in [-0.2, -0.15) is 0 Å². The molecule has 6 heteroatoms. The number of carbonyl (C=O) groups excluding carboxylic acids is 1. The minimum absolute atomic E-state index is 0.0478. The maximum absolute atomic E-state index is 12.3. The second kappa shape index (κ2) is 14.0. The Kier molecular flexibility index (Phi) is 9.96. The first kappa shape index (κ1) is 27.0. The number of amides is 1.